The fraction of sp³-hybridized carbons (Fsp3) is 0.263. The average Bonchev–Trinajstić information content (AvgIpc) is 3.08. The fourth-order valence-corrected chi connectivity index (χ4v) is 3.83. The number of benzene rings is 2. The van der Waals surface area contributed by atoms with Crippen molar-refractivity contribution >= 4 is 27.4 Å². The van der Waals surface area contributed by atoms with Gasteiger partial charge in [0, 0.05) is 18.7 Å². The van der Waals surface area contributed by atoms with Gasteiger partial charge in [0.2, 0.25) is 22.7 Å². The smallest absolute Gasteiger partial charge is 0.243 e. The van der Waals surface area contributed by atoms with Gasteiger partial charge in [-0.05, 0) is 32.0 Å². The van der Waals surface area contributed by atoms with Crippen molar-refractivity contribution < 1.29 is 27.5 Å². The van der Waals surface area contributed by atoms with E-state index in [1.165, 1.54) is 38.2 Å². The molecule has 0 saturated carbocycles. The van der Waals surface area contributed by atoms with Crippen molar-refractivity contribution in [2.75, 3.05) is 25.7 Å². The lowest BCUT2D eigenvalue weighted by Gasteiger charge is -2.18. The Morgan fingerprint density at radius 2 is 1.71 bits per heavy atom. The Bertz CT molecular complexity index is 1030. The molecule has 0 saturated heterocycles. The third kappa shape index (κ3) is 4.00. The first-order valence-corrected chi connectivity index (χ1v) is 9.90. The zero-order chi connectivity index (χ0) is 20.5. The van der Waals surface area contributed by atoms with Gasteiger partial charge in [-0.15, -0.1) is 0 Å². The third-order valence-corrected chi connectivity index (χ3v) is 6.08. The van der Waals surface area contributed by atoms with Crippen LogP contribution < -0.4 is 14.8 Å². The van der Waals surface area contributed by atoms with E-state index < -0.39 is 22.5 Å². The third-order valence-electron chi connectivity index (χ3n) is 4.26. The highest BCUT2D eigenvalue weighted by molar-refractivity contribution is 7.89. The van der Waals surface area contributed by atoms with Gasteiger partial charge >= 0.3 is 0 Å². The van der Waals surface area contributed by atoms with E-state index in [2.05, 4.69) is 5.32 Å². The number of rotatable bonds is 6. The van der Waals surface area contributed by atoms with Gasteiger partial charge in [0.15, 0.2) is 17.3 Å². The van der Waals surface area contributed by atoms with Gasteiger partial charge in [-0.25, -0.2) is 8.42 Å². The molecule has 0 bridgehead atoms. The number of aryl methyl sites for hydroxylation is 1. The number of hydrogen-bond acceptors (Lipinski definition) is 6. The second kappa shape index (κ2) is 7.61. The number of carbonyl (C=O) groups is 2. The number of Topliss-reactive ketones (excluding diaryl/α,β-unsaturated/α-hetero) is 1. The van der Waals surface area contributed by atoms with E-state index in [0.29, 0.717) is 11.5 Å². The van der Waals surface area contributed by atoms with E-state index in [1.807, 2.05) is 6.92 Å². The standard InChI is InChI=1S/C19H20N2O6S/c1-12-4-6-14(7-5-12)28(24,25)21(3)10-19(23)20-16-9-18-17(26-11-27-18)8-15(16)13(2)22/h4-9H,10-11H2,1-3H3,(H,20,23). The van der Waals surface area contributed by atoms with Gasteiger partial charge in [-0.2, -0.15) is 4.31 Å². The molecule has 8 nitrogen and oxygen atoms in total. The first-order chi connectivity index (χ1) is 13.2. The highest BCUT2D eigenvalue weighted by Crippen LogP contribution is 2.37. The Morgan fingerprint density at radius 3 is 2.32 bits per heavy atom. The lowest BCUT2D eigenvalue weighted by Crippen LogP contribution is -2.35. The number of amides is 1. The molecule has 0 aliphatic carbocycles. The normalized spacial score (nSPS) is 12.9. The van der Waals surface area contributed by atoms with Crippen LogP contribution >= 0.6 is 0 Å². The number of sulfonamides is 1. The highest BCUT2D eigenvalue weighted by Gasteiger charge is 2.25. The molecular weight excluding hydrogens is 384 g/mol. The molecule has 1 N–H and O–H groups in total. The summed E-state index contributed by atoms with van der Waals surface area (Å²) in [5.74, 6) is -0.0306. The first-order valence-electron chi connectivity index (χ1n) is 8.46. The summed E-state index contributed by atoms with van der Waals surface area (Å²) >= 11 is 0. The molecule has 0 atom stereocenters. The minimum atomic E-state index is -3.82. The van der Waals surface area contributed by atoms with Crippen LogP contribution in [0.2, 0.25) is 0 Å². The van der Waals surface area contributed by atoms with E-state index in [9.17, 15) is 18.0 Å². The molecular formula is C19H20N2O6S. The number of fused-ring (bicyclic) bond motifs is 1. The van der Waals surface area contributed by atoms with Crippen molar-refractivity contribution in [3.8, 4) is 11.5 Å². The van der Waals surface area contributed by atoms with Gasteiger partial charge < -0.3 is 14.8 Å². The van der Waals surface area contributed by atoms with Crippen LogP contribution in [-0.2, 0) is 14.8 Å². The zero-order valence-electron chi connectivity index (χ0n) is 15.7. The summed E-state index contributed by atoms with van der Waals surface area (Å²) in [7, 11) is -2.50. The lowest BCUT2D eigenvalue weighted by molar-refractivity contribution is -0.116. The quantitative estimate of drug-likeness (QED) is 0.741. The van der Waals surface area contributed by atoms with Gasteiger partial charge in [-0.3, -0.25) is 9.59 Å². The monoisotopic (exact) mass is 404 g/mol. The molecule has 9 heteroatoms. The number of ether oxygens (including phenoxy) is 2. The van der Waals surface area contributed by atoms with Gasteiger partial charge in [0.1, 0.15) is 0 Å². The molecule has 0 unspecified atom stereocenters. The van der Waals surface area contributed by atoms with Crippen LogP contribution in [0.1, 0.15) is 22.8 Å². The summed E-state index contributed by atoms with van der Waals surface area (Å²) in [6.07, 6.45) is 0. The van der Waals surface area contributed by atoms with Crippen molar-refractivity contribution in [1.82, 2.24) is 4.31 Å². The van der Waals surface area contributed by atoms with Crippen LogP contribution in [0.4, 0.5) is 5.69 Å². The van der Waals surface area contributed by atoms with Crippen molar-refractivity contribution in [1.29, 1.82) is 0 Å². The highest BCUT2D eigenvalue weighted by atomic mass is 32.2. The van der Waals surface area contributed by atoms with Crippen LogP contribution in [0.3, 0.4) is 0 Å². The van der Waals surface area contributed by atoms with Crippen molar-refractivity contribution in [2.45, 2.75) is 18.7 Å². The number of hydrogen-bond donors (Lipinski definition) is 1. The molecule has 0 radical (unpaired) electrons. The number of likely N-dealkylation sites (N-methyl/N-ethyl adjacent to an activating group) is 1. The maximum absolute atomic E-state index is 12.6. The summed E-state index contributed by atoms with van der Waals surface area (Å²) in [5.41, 5.74) is 1.42. The van der Waals surface area contributed by atoms with Crippen LogP contribution in [-0.4, -0.2) is 44.8 Å². The number of carbonyl (C=O) groups excluding carboxylic acids is 2. The molecule has 1 amide bonds. The van der Waals surface area contributed by atoms with E-state index in [-0.39, 0.29) is 28.7 Å². The van der Waals surface area contributed by atoms with Crippen LogP contribution in [0.15, 0.2) is 41.3 Å². The maximum atomic E-state index is 12.6. The number of anilines is 1. The zero-order valence-corrected chi connectivity index (χ0v) is 16.5. The summed E-state index contributed by atoms with van der Waals surface area (Å²) in [6.45, 7) is 2.83. The predicted octanol–water partition coefficient (Wildman–Crippen LogP) is 2.19. The molecule has 1 aliphatic heterocycles. The maximum Gasteiger partial charge on any atom is 0.243 e. The molecule has 148 valence electrons. The molecule has 1 aliphatic rings. The SMILES string of the molecule is CC(=O)c1cc2c(cc1NC(=O)CN(C)S(=O)(=O)c1ccc(C)cc1)OCO2. The molecule has 1 heterocycles. The Morgan fingerprint density at radius 1 is 1.11 bits per heavy atom. The first kappa shape index (κ1) is 19.8. The molecule has 2 aromatic rings. The van der Waals surface area contributed by atoms with E-state index in [0.717, 1.165) is 9.87 Å². The lowest BCUT2D eigenvalue weighted by atomic mass is 10.1. The topological polar surface area (TPSA) is 102 Å². The van der Waals surface area contributed by atoms with Crippen molar-refractivity contribution in [3.05, 3.63) is 47.5 Å². The Balaban J connectivity index is 1.77. The summed E-state index contributed by atoms with van der Waals surface area (Å²) in [5, 5.41) is 2.58. The van der Waals surface area contributed by atoms with Crippen LogP contribution in [0.25, 0.3) is 0 Å². The second-order valence-corrected chi connectivity index (χ2v) is 8.47. The van der Waals surface area contributed by atoms with Crippen molar-refractivity contribution in [3.63, 3.8) is 0 Å². The van der Waals surface area contributed by atoms with Crippen molar-refractivity contribution in [2.24, 2.45) is 0 Å². The van der Waals surface area contributed by atoms with Gasteiger partial charge in [-0.1, -0.05) is 17.7 Å². The van der Waals surface area contributed by atoms with Gasteiger partial charge in [0.25, 0.3) is 0 Å². The van der Waals surface area contributed by atoms with E-state index in [4.69, 9.17) is 9.47 Å². The number of nitrogens with zero attached hydrogens (tertiary/aromatic N) is 1. The molecule has 0 aromatic heterocycles. The van der Waals surface area contributed by atoms with E-state index >= 15 is 0 Å². The number of nitrogens with one attached hydrogen (secondary N) is 1. The Hall–Kier alpha value is -2.91. The van der Waals surface area contributed by atoms with Crippen LogP contribution in [0.5, 0.6) is 11.5 Å². The summed E-state index contributed by atoms with van der Waals surface area (Å²) in [6, 6.07) is 9.34. The second-order valence-electron chi connectivity index (χ2n) is 6.43. The van der Waals surface area contributed by atoms with E-state index in [1.54, 1.807) is 12.1 Å². The Kier molecular flexibility index (Phi) is 5.39. The molecule has 0 fully saturated rings. The van der Waals surface area contributed by atoms with Crippen LogP contribution in [0, 0.1) is 6.92 Å². The average molecular weight is 404 g/mol. The Labute approximate surface area is 163 Å². The minimum Gasteiger partial charge on any atom is -0.454 e. The minimum absolute atomic E-state index is 0.0294. The molecule has 28 heavy (non-hydrogen) atoms. The molecule has 2 aromatic carbocycles. The molecule has 3 rings (SSSR count). The predicted molar refractivity (Wildman–Crippen MR) is 102 cm³/mol. The molecule has 0 spiro atoms. The fourth-order valence-electron chi connectivity index (χ4n) is 2.70. The summed E-state index contributed by atoms with van der Waals surface area (Å²) < 4.78 is 36.7. The number of ketones is 1. The van der Waals surface area contributed by atoms with Gasteiger partial charge in [0.05, 0.1) is 17.1 Å². The summed E-state index contributed by atoms with van der Waals surface area (Å²) in [4.78, 5) is 24.4. The largest absolute Gasteiger partial charge is 0.454 e.